The number of benzene rings is 3. The second-order valence-electron chi connectivity index (χ2n) is 9.45. The summed E-state index contributed by atoms with van der Waals surface area (Å²) in [7, 11) is 0. The van der Waals surface area contributed by atoms with Gasteiger partial charge >= 0.3 is 0 Å². The van der Waals surface area contributed by atoms with Gasteiger partial charge in [0.2, 0.25) is 11.8 Å². The molecule has 4 rings (SSSR count). The summed E-state index contributed by atoms with van der Waals surface area (Å²) in [5.74, 6) is 0.121. The van der Waals surface area contributed by atoms with Gasteiger partial charge in [0.25, 0.3) is 0 Å². The molecular weight excluding hydrogens is 488 g/mol. The predicted molar refractivity (Wildman–Crippen MR) is 148 cm³/mol. The van der Waals surface area contributed by atoms with Crippen molar-refractivity contribution < 1.29 is 9.59 Å². The third-order valence-corrected chi connectivity index (χ3v) is 7.87. The summed E-state index contributed by atoms with van der Waals surface area (Å²) >= 11 is 7.49. The van der Waals surface area contributed by atoms with E-state index in [0.29, 0.717) is 18.0 Å². The van der Waals surface area contributed by atoms with Gasteiger partial charge < -0.3 is 10.2 Å². The Morgan fingerprint density at radius 2 is 1.61 bits per heavy atom. The van der Waals surface area contributed by atoms with Crippen LogP contribution in [-0.2, 0) is 22.6 Å². The van der Waals surface area contributed by atoms with Gasteiger partial charge in [-0.2, -0.15) is 0 Å². The van der Waals surface area contributed by atoms with Crippen molar-refractivity contribution >= 4 is 35.2 Å². The number of amides is 2. The van der Waals surface area contributed by atoms with Crippen LogP contribution in [0, 0.1) is 6.92 Å². The number of halogens is 1. The average Bonchev–Trinajstić information content (AvgIpc) is 3.40. The summed E-state index contributed by atoms with van der Waals surface area (Å²) < 4.78 is 0. The molecule has 0 bridgehead atoms. The van der Waals surface area contributed by atoms with Crippen LogP contribution in [-0.4, -0.2) is 34.6 Å². The highest BCUT2D eigenvalue weighted by Gasteiger charge is 2.32. The first-order valence-corrected chi connectivity index (χ1v) is 13.9. The molecular formula is C30H33ClN2O2S. The standard InChI is InChI=1S/C30H33ClN2O2S/c1-22-11-13-24(14-12-22)20-33(29(34)21-36-27-17-15-25(31)16-18-27)28(19-23-7-3-2-4-8-23)30(35)32-26-9-5-6-10-26/h2-4,7-8,11-18,26,28H,5-6,9-10,19-21H2,1H3,(H,32,35)/t28-/m0/s1. The zero-order valence-electron chi connectivity index (χ0n) is 20.7. The number of carbonyl (C=O) groups is 2. The molecule has 1 fully saturated rings. The molecule has 1 aliphatic carbocycles. The van der Waals surface area contributed by atoms with Crippen LogP contribution >= 0.6 is 23.4 Å². The molecule has 0 spiro atoms. The number of rotatable bonds is 10. The van der Waals surface area contributed by atoms with Gasteiger partial charge in [0.05, 0.1) is 5.75 Å². The molecule has 4 nitrogen and oxygen atoms in total. The van der Waals surface area contributed by atoms with Crippen molar-refractivity contribution in [3.8, 4) is 0 Å². The molecule has 0 unspecified atom stereocenters. The minimum Gasteiger partial charge on any atom is -0.352 e. The number of hydrogen-bond acceptors (Lipinski definition) is 3. The average molecular weight is 521 g/mol. The highest BCUT2D eigenvalue weighted by Crippen LogP contribution is 2.24. The van der Waals surface area contributed by atoms with Crippen molar-refractivity contribution in [2.75, 3.05) is 5.75 Å². The first-order chi connectivity index (χ1) is 17.5. The highest BCUT2D eigenvalue weighted by molar-refractivity contribution is 8.00. The van der Waals surface area contributed by atoms with Crippen molar-refractivity contribution in [2.45, 2.75) is 62.6 Å². The van der Waals surface area contributed by atoms with Crippen LogP contribution in [0.4, 0.5) is 0 Å². The fourth-order valence-corrected chi connectivity index (χ4v) is 5.48. The van der Waals surface area contributed by atoms with Crippen molar-refractivity contribution in [3.05, 3.63) is 101 Å². The summed E-state index contributed by atoms with van der Waals surface area (Å²) in [6.07, 6.45) is 4.75. The zero-order chi connectivity index (χ0) is 25.3. The van der Waals surface area contributed by atoms with Gasteiger partial charge in [-0.3, -0.25) is 9.59 Å². The molecule has 0 radical (unpaired) electrons. The van der Waals surface area contributed by atoms with Crippen LogP contribution in [0.3, 0.4) is 0 Å². The van der Waals surface area contributed by atoms with Gasteiger partial charge in [0.15, 0.2) is 0 Å². The minimum absolute atomic E-state index is 0.0574. The Morgan fingerprint density at radius 1 is 0.944 bits per heavy atom. The van der Waals surface area contributed by atoms with Crippen LogP contribution in [0.5, 0.6) is 0 Å². The summed E-state index contributed by atoms with van der Waals surface area (Å²) in [6, 6.07) is 25.2. The van der Waals surface area contributed by atoms with Crippen molar-refractivity contribution in [1.29, 1.82) is 0 Å². The molecule has 1 atom stereocenters. The molecule has 36 heavy (non-hydrogen) atoms. The molecule has 6 heteroatoms. The van der Waals surface area contributed by atoms with Gasteiger partial charge in [0.1, 0.15) is 6.04 Å². The SMILES string of the molecule is Cc1ccc(CN(C(=O)CSc2ccc(Cl)cc2)[C@@H](Cc2ccccc2)C(=O)NC2CCCC2)cc1. The number of thioether (sulfide) groups is 1. The van der Waals surface area contributed by atoms with E-state index in [4.69, 9.17) is 11.6 Å². The molecule has 0 heterocycles. The van der Waals surface area contributed by atoms with E-state index in [1.54, 1.807) is 4.90 Å². The Morgan fingerprint density at radius 3 is 2.28 bits per heavy atom. The summed E-state index contributed by atoms with van der Waals surface area (Å²) in [6.45, 7) is 2.43. The molecule has 188 valence electrons. The molecule has 3 aromatic carbocycles. The van der Waals surface area contributed by atoms with Crippen molar-refractivity contribution in [2.24, 2.45) is 0 Å². The number of nitrogens with zero attached hydrogens (tertiary/aromatic N) is 1. The largest absolute Gasteiger partial charge is 0.352 e. The van der Waals surface area contributed by atoms with E-state index < -0.39 is 6.04 Å². The van der Waals surface area contributed by atoms with Gasteiger partial charge in [-0.15, -0.1) is 11.8 Å². The maximum atomic E-state index is 13.7. The third-order valence-electron chi connectivity index (χ3n) is 6.62. The van der Waals surface area contributed by atoms with Gasteiger partial charge in [-0.1, -0.05) is 84.6 Å². The van der Waals surface area contributed by atoms with Crippen LogP contribution in [0.2, 0.25) is 5.02 Å². The molecule has 1 aliphatic rings. The molecule has 0 aliphatic heterocycles. The Balaban J connectivity index is 1.59. The lowest BCUT2D eigenvalue weighted by Crippen LogP contribution is -2.52. The Hall–Kier alpha value is -2.76. The number of hydrogen-bond donors (Lipinski definition) is 1. The van der Waals surface area contributed by atoms with E-state index in [9.17, 15) is 9.59 Å². The molecule has 1 N–H and O–H groups in total. The first-order valence-electron chi connectivity index (χ1n) is 12.6. The lowest BCUT2D eigenvalue weighted by atomic mass is 10.0. The summed E-state index contributed by atoms with van der Waals surface area (Å²) in [4.78, 5) is 30.1. The lowest BCUT2D eigenvalue weighted by molar-refractivity contribution is -0.139. The number of nitrogens with one attached hydrogen (secondary N) is 1. The summed E-state index contributed by atoms with van der Waals surface area (Å²) in [5, 5.41) is 3.92. The predicted octanol–water partition coefficient (Wildman–Crippen LogP) is 6.44. The summed E-state index contributed by atoms with van der Waals surface area (Å²) in [5.41, 5.74) is 3.21. The van der Waals surface area contributed by atoms with E-state index in [0.717, 1.165) is 47.3 Å². The fraction of sp³-hybridized carbons (Fsp3) is 0.333. The van der Waals surface area contributed by atoms with E-state index in [-0.39, 0.29) is 23.6 Å². The highest BCUT2D eigenvalue weighted by atomic mass is 35.5. The second kappa shape index (κ2) is 13.0. The third kappa shape index (κ3) is 7.62. The Kier molecular flexibility index (Phi) is 9.48. The molecule has 1 saturated carbocycles. The van der Waals surface area contributed by atoms with E-state index >= 15 is 0 Å². The second-order valence-corrected chi connectivity index (χ2v) is 10.9. The Bertz CT molecular complexity index is 1130. The van der Waals surface area contributed by atoms with E-state index in [1.807, 2.05) is 85.8 Å². The fourth-order valence-electron chi connectivity index (χ4n) is 4.57. The maximum absolute atomic E-state index is 13.7. The van der Waals surface area contributed by atoms with Crippen molar-refractivity contribution in [3.63, 3.8) is 0 Å². The van der Waals surface area contributed by atoms with Crippen LogP contribution in [0.1, 0.15) is 42.4 Å². The van der Waals surface area contributed by atoms with Gasteiger partial charge in [-0.05, 0) is 55.2 Å². The number of aryl methyl sites for hydroxylation is 1. The van der Waals surface area contributed by atoms with Crippen molar-refractivity contribution in [1.82, 2.24) is 10.2 Å². The smallest absolute Gasteiger partial charge is 0.243 e. The first kappa shape index (κ1) is 26.3. The molecule has 0 aromatic heterocycles. The molecule has 2 amide bonds. The zero-order valence-corrected chi connectivity index (χ0v) is 22.2. The monoisotopic (exact) mass is 520 g/mol. The molecule has 3 aromatic rings. The molecule has 0 saturated heterocycles. The quantitative estimate of drug-likeness (QED) is 0.313. The Labute approximate surface area is 223 Å². The van der Waals surface area contributed by atoms with Gasteiger partial charge in [0, 0.05) is 28.9 Å². The van der Waals surface area contributed by atoms with Gasteiger partial charge in [-0.25, -0.2) is 0 Å². The van der Waals surface area contributed by atoms with E-state index in [1.165, 1.54) is 11.8 Å². The van der Waals surface area contributed by atoms with Crippen LogP contribution < -0.4 is 5.32 Å². The van der Waals surface area contributed by atoms with Crippen LogP contribution in [0.15, 0.2) is 83.8 Å². The number of carbonyl (C=O) groups excluding carboxylic acids is 2. The normalized spacial score (nSPS) is 14.4. The lowest BCUT2D eigenvalue weighted by Gasteiger charge is -2.32. The maximum Gasteiger partial charge on any atom is 0.243 e. The minimum atomic E-state index is -0.590. The topological polar surface area (TPSA) is 49.4 Å². The van der Waals surface area contributed by atoms with E-state index in [2.05, 4.69) is 5.32 Å². The van der Waals surface area contributed by atoms with Crippen LogP contribution in [0.25, 0.3) is 0 Å².